The van der Waals surface area contributed by atoms with Crippen LogP contribution in [0.1, 0.15) is 28.9 Å². The van der Waals surface area contributed by atoms with Gasteiger partial charge in [-0.1, -0.05) is 42.0 Å². The minimum absolute atomic E-state index is 0.00176. The van der Waals surface area contributed by atoms with E-state index in [4.69, 9.17) is 23.8 Å². The minimum atomic E-state index is 0.00176. The van der Waals surface area contributed by atoms with E-state index < -0.39 is 0 Å². The van der Waals surface area contributed by atoms with E-state index >= 15 is 0 Å². The molecule has 0 aliphatic carbocycles. The first-order chi connectivity index (χ1) is 11.6. The van der Waals surface area contributed by atoms with Gasteiger partial charge in [0.05, 0.1) is 5.56 Å². The van der Waals surface area contributed by atoms with Crippen LogP contribution in [0.3, 0.4) is 0 Å². The highest BCUT2D eigenvalue weighted by Gasteiger charge is 2.26. The van der Waals surface area contributed by atoms with Crippen molar-refractivity contribution < 1.29 is 4.79 Å². The topological polar surface area (TPSA) is 39.3 Å². The zero-order chi connectivity index (χ0) is 17.1. The number of aromatic nitrogens is 1. The standard InChI is InChI=1S/C18H20ClN3OS/c1-13(14-5-2-3-7-16(14)19)21-9-11-22(12-10-21)18(23)15-6-4-8-20-17(15)24/h2-8,13H,9-12H2,1H3,(H,20,24). The largest absolute Gasteiger partial charge is 0.352 e. The van der Waals surface area contributed by atoms with Crippen LogP contribution in [0, 0.1) is 4.64 Å². The number of aromatic amines is 1. The van der Waals surface area contributed by atoms with Crippen molar-refractivity contribution in [3.63, 3.8) is 0 Å². The van der Waals surface area contributed by atoms with Crippen molar-refractivity contribution in [2.75, 3.05) is 26.2 Å². The van der Waals surface area contributed by atoms with Crippen LogP contribution in [0.25, 0.3) is 0 Å². The van der Waals surface area contributed by atoms with E-state index in [-0.39, 0.29) is 11.9 Å². The maximum absolute atomic E-state index is 12.6. The monoisotopic (exact) mass is 361 g/mol. The van der Waals surface area contributed by atoms with Gasteiger partial charge in [-0.05, 0) is 30.7 Å². The molecule has 1 amide bonds. The fourth-order valence-electron chi connectivity index (χ4n) is 3.08. The van der Waals surface area contributed by atoms with Crippen molar-refractivity contribution in [2.24, 2.45) is 0 Å². The van der Waals surface area contributed by atoms with Gasteiger partial charge in [0.2, 0.25) is 0 Å². The van der Waals surface area contributed by atoms with E-state index in [0.717, 1.165) is 23.7 Å². The van der Waals surface area contributed by atoms with Crippen LogP contribution in [0.5, 0.6) is 0 Å². The first kappa shape index (κ1) is 17.1. The number of nitrogens with one attached hydrogen (secondary N) is 1. The Morgan fingerprint density at radius 2 is 1.88 bits per heavy atom. The van der Waals surface area contributed by atoms with E-state index in [0.29, 0.717) is 23.3 Å². The lowest BCUT2D eigenvalue weighted by molar-refractivity contribution is 0.0581. The Kier molecular flexibility index (Phi) is 5.33. The van der Waals surface area contributed by atoms with Gasteiger partial charge in [-0.25, -0.2) is 0 Å². The summed E-state index contributed by atoms with van der Waals surface area (Å²) >= 11 is 11.5. The Morgan fingerprint density at radius 3 is 2.54 bits per heavy atom. The number of piperazine rings is 1. The number of rotatable bonds is 3. The second-order valence-electron chi connectivity index (χ2n) is 5.94. The van der Waals surface area contributed by atoms with Gasteiger partial charge in [-0.2, -0.15) is 0 Å². The van der Waals surface area contributed by atoms with E-state index in [9.17, 15) is 4.79 Å². The van der Waals surface area contributed by atoms with Crippen LogP contribution in [0.4, 0.5) is 0 Å². The lowest BCUT2D eigenvalue weighted by Gasteiger charge is -2.38. The molecule has 2 aromatic rings. The van der Waals surface area contributed by atoms with Gasteiger partial charge in [-0.15, -0.1) is 0 Å². The van der Waals surface area contributed by atoms with Gasteiger partial charge in [-0.3, -0.25) is 9.69 Å². The summed E-state index contributed by atoms with van der Waals surface area (Å²) < 4.78 is 0.495. The molecule has 0 saturated carbocycles. The molecule has 0 bridgehead atoms. The van der Waals surface area contributed by atoms with Crippen molar-refractivity contribution >= 4 is 29.7 Å². The van der Waals surface area contributed by atoms with E-state index in [1.54, 1.807) is 18.3 Å². The number of benzene rings is 1. The van der Waals surface area contributed by atoms with Crippen LogP contribution in [-0.2, 0) is 0 Å². The zero-order valence-corrected chi connectivity index (χ0v) is 15.1. The predicted molar refractivity (Wildman–Crippen MR) is 99.0 cm³/mol. The van der Waals surface area contributed by atoms with Crippen LogP contribution in [0.15, 0.2) is 42.6 Å². The normalized spacial score (nSPS) is 16.8. The number of H-pyrrole nitrogens is 1. The summed E-state index contributed by atoms with van der Waals surface area (Å²) in [5.41, 5.74) is 1.70. The highest BCUT2D eigenvalue weighted by Crippen LogP contribution is 2.27. The minimum Gasteiger partial charge on any atom is -0.352 e. The molecule has 4 nitrogen and oxygen atoms in total. The van der Waals surface area contributed by atoms with E-state index in [1.807, 2.05) is 23.1 Å². The van der Waals surface area contributed by atoms with Crippen molar-refractivity contribution in [3.05, 3.63) is 63.4 Å². The summed E-state index contributed by atoms with van der Waals surface area (Å²) in [7, 11) is 0. The average Bonchev–Trinajstić information content (AvgIpc) is 2.61. The van der Waals surface area contributed by atoms with Gasteiger partial charge >= 0.3 is 0 Å². The summed E-state index contributed by atoms with van der Waals surface area (Å²) in [6, 6.07) is 11.7. The first-order valence-corrected chi connectivity index (χ1v) is 8.82. The molecule has 24 heavy (non-hydrogen) atoms. The number of carbonyl (C=O) groups is 1. The molecule has 0 spiro atoms. The Morgan fingerprint density at radius 1 is 1.17 bits per heavy atom. The van der Waals surface area contributed by atoms with Gasteiger partial charge in [0, 0.05) is 43.4 Å². The van der Waals surface area contributed by atoms with Crippen molar-refractivity contribution in [2.45, 2.75) is 13.0 Å². The summed E-state index contributed by atoms with van der Waals surface area (Å²) in [6.45, 7) is 5.18. The summed E-state index contributed by atoms with van der Waals surface area (Å²) in [6.07, 6.45) is 1.74. The summed E-state index contributed by atoms with van der Waals surface area (Å²) in [4.78, 5) is 19.8. The van der Waals surface area contributed by atoms with Crippen molar-refractivity contribution in [3.8, 4) is 0 Å². The molecule has 1 aromatic heterocycles. The number of amides is 1. The van der Waals surface area contributed by atoms with Crippen LogP contribution in [0.2, 0.25) is 5.02 Å². The average molecular weight is 362 g/mol. The second-order valence-corrected chi connectivity index (χ2v) is 6.75. The van der Waals surface area contributed by atoms with Gasteiger partial charge in [0.1, 0.15) is 4.64 Å². The molecule has 1 aliphatic heterocycles. The predicted octanol–water partition coefficient (Wildman–Crippen LogP) is 3.92. The van der Waals surface area contributed by atoms with E-state index in [2.05, 4.69) is 22.9 Å². The zero-order valence-electron chi connectivity index (χ0n) is 13.5. The van der Waals surface area contributed by atoms with Crippen LogP contribution < -0.4 is 0 Å². The number of carbonyl (C=O) groups excluding carboxylic acids is 1. The number of nitrogens with zero attached hydrogens (tertiary/aromatic N) is 2. The molecule has 2 heterocycles. The third kappa shape index (κ3) is 3.53. The first-order valence-electron chi connectivity index (χ1n) is 8.03. The number of hydrogen-bond acceptors (Lipinski definition) is 3. The molecular weight excluding hydrogens is 342 g/mol. The van der Waals surface area contributed by atoms with Crippen LogP contribution in [-0.4, -0.2) is 46.9 Å². The smallest absolute Gasteiger partial charge is 0.256 e. The van der Waals surface area contributed by atoms with Gasteiger partial charge < -0.3 is 9.88 Å². The number of pyridine rings is 1. The van der Waals surface area contributed by atoms with Crippen LogP contribution >= 0.6 is 23.8 Å². The fraction of sp³-hybridized carbons (Fsp3) is 0.333. The third-order valence-electron chi connectivity index (χ3n) is 4.55. The van der Waals surface area contributed by atoms with Gasteiger partial charge in [0.25, 0.3) is 5.91 Å². The lowest BCUT2D eigenvalue weighted by atomic mass is 10.1. The molecule has 1 saturated heterocycles. The SMILES string of the molecule is CC(c1ccccc1Cl)N1CCN(C(=O)c2ccc[nH]c2=S)CC1. The molecule has 126 valence electrons. The molecule has 1 unspecified atom stereocenters. The third-order valence-corrected chi connectivity index (χ3v) is 5.24. The summed E-state index contributed by atoms with van der Waals surface area (Å²) in [5, 5.41) is 0.791. The van der Waals surface area contributed by atoms with Crippen molar-refractivity contribution in [1.82, 2.24) is 14.8 Å². The molecule has 1 aliphatic rings. The van der Waals surface area contributed by atoms with E-state index in [1.165, 1.54) is 0 Å². The maximum Gasteiger partial charge on any atom is 0.256 e. The lowest BCUT2D eigenvalue weighted by Crippen LogP contribution is -2.49. The quantitative estimate of drug-likeness (QED) is 0.842. The Bertz CT molecular complexity index is 784. The fourth-order valence-corrected chi connectivity index (χ4v) is 3.60. The Hall–Kier alpha value is -1.69. The highest BCUT2D eigenvalue weighted by atomic mass is 35.5. The molecule has 0 radical (unpaired) electrons. The molecule has 1 atom stereocenters. The molecule has 1 fully saturated rings. The highest BCUT2D eigenvalue weighted by molar-refractivity contribution is 7.71. The molecule has 1 N–H and O–H groups in total. The Labute approximate surface area is 152 Å². The second kappa shape index (κ2) is 7.47. The molecule has 6 heteroatoms. The Balaban J connectivity index is 1.66. The molecule has 3 rings (SSSR count). The number of halogens is 1. The maximum atomic E-state index is 12.6. The molecule has 1 aromatic carbocycles. The summed E-state index contributed by atoms with van der Waals surface area (Å²) in [5.74, 6) is 0.00176. The molecular formula is C18H20ClN3OS. The van der Waals surface area contributed by atoms with Crippen molar-refractivity contribution in [1.29, 1.82) is 0 Å². The van der Waals surface area contributed by atoms with Gasteiger partial charge in [0.15, 0.2) is 0 Å². The number of hydrogen-bond donors (Lipinski definition) is 1.